The van der Waals surface area contributed by atoms with Gasteiger partial charge in [0.1, 0.15) is 0 Å². The van der Waals surface area contributed by atoms with Crippen molar-refractivity contribution >= 4 is 12.0 Å². The average Bonchev–Trinajstić information content (AvgIpc) is 2.52. The summed E-state index contributed by atoms with van der Waals surface area (Å²) in [5.74, 6) is 0.0849. The SMILES string of the molecule is C=Cc1ccc(CNC(=O)CCc2ccccc2)cc1. The third-order valence-corrected chi connectivity index (χ3v) is 3.19. The molecule has 2 rings (SSSR count). The zero-order chi connectivity index (χ0) is 14.2. The molecule has 20 heavy (non-hydrogen) atoms. The highest BCUT2D eigenvalue weighted by molar-refractivity contribution is 5.76. The fraction of sp³-hybridized carbons (Fsp3) is 0.167. The molecule has 0 unspecified atom stereocenters. The first-order valence-electron chi connectivity index (χ1n) is 6.80. The Balaban J connectivity index is 1.75. The minimum absolute atomic E-state index is 0.0849. The number of aryl methyl sites for hydroxylation is 1. The number of benzene rings is 2. The predicted octanol–water partition coefficient (Wildman–Crippen LogP) is 3.58. The van der Waals surface area contributed by atoms with Crippen LogP contribution in [0.15, 0.2) is 61.2 Å². The largest absolute Gasteiger partial charge is 0.352 e. The first-order valence-corrected chi connectivity index (χ1v) is 6.80. The molecule has 0 aliphatic heterocycles. The van der Waals surface area contributed by atoms with Crippen LogP contribution in [0.5, 0.6) is 0 Å². The highest BCUT2D eigenvalue weighted by Crippen LogP contribution is 2.06. The summed E-state index contributed by atoms with van der Waals surface area (Å²) in [6.07, 6.45) is 3.11. The van der Waals surface area contributed by atoms with Crippen molar-refractivity contribution in [2.24, 2.45) is 0 Å². The van der Waals surface area contributed by atoms with Gasteiger partial charge in [-0.3, -0.25) is 4.79 Å². The maximum Gasteiger partial charge on any atom is 0.220 e. The highest BCUT2D eigenvalue weighted by Gasteiger charge is 2.02. The van der Waals surface area contributed by atoms with Gasteiger partial charge in [0.05, 0.1) is 0 Å². The van der Waals surface area contributed by atoms with E-state index in [0.29, 0.717) is 13.0 Å². The van der Waals surface area contributed by atoms with Crippen LogP contribution < -0.4 is 5.32 Å². The molecule has 2 heteroatoms. The fourth-order valence-corrected chi connectivity index (χ4v) is 1.96. The standard InChI is InChI=1S/C18H19NO/c1-2-15-8-10-17(11-9-15)14-19-18(20)13-12-16-6-4-3-5-7-16/h2-11H,1,12-14H2,(H,19,20). The van der Waals surface area contributed by atoms with Crippen LogP contribution in [-0.2, 0) is 17.8 Å². The Labute approximate surface area is 120 Å². The van der Waals surface area contributed by atoms with E-state index in [-0.39, 0.29) is 5.91 Å². The summed E-state index contributed by atoms with van der Waals surface area (Å²) >= 11 is 0. The molecule has 0 heterocycles. The van der Waals surface area contributed by atoms with Crippen LogP contribution in [0.4, 0.5) is 0 Å². The Hall–Kier alpha value is -2.35. The van der Waals surface area contributed by atoms with Gasteiger partial charge in [0, 0.05) is 13.0 Å². The number of hydrogen-bond acceptors (Lipinski definition) is 1. The average molecular weight is 265 g/mol. The molecular formula is C18H19NO. The van der Waals surface area contributed by atoms with Gasteiger partial charge in [-0.05, 0) is 23.1 Å². The van der Waals surface area contributed by atoms with Crippen LogP contribution in [-0.4, -0.2) is 5.91 Å². The van der Waals surface area contributed by atoms with Gasteiger partial charge in [0.15, 0.2) is 0 Å². The lowest BCUT2D eigenvalue weighted by atomic mass is 10.1. The molecule has 1 N–H and O–H groups in total. The van der Waals surface area contributed by atoms with Crippen molar-refractivity contribution < 1.29 is 4.79 Å². The van der Waals surface area contributed by atoms with E-state index in [1.54, 1.807) is 0 Å². The fourth-order valence-electron chi connectivity index (χ4n) is 1.96. The third-order valence-electron chi connectivity index (χ3n) is 3.19. The van der Waals surface area contributed by atoms with Crippen LogP contribution >= 0.6 is 0 Å². The number of carbonyl (C=O) groups excluding carboxylic acids is 1. The van der Waals surface area contributed by atoms with Gasteiger partial charge in [-0.15, -0.1) is 0 Å². The van der Waals surface area contributed by atoms with E-state index in [9.17, 15) is 4.79 Å². The van der Waals surface area contributed by atoms with Gasteiger partial charge < -0.3 is 5.32 Å². The van der Waals surface area contributed by atoms with Crippen LogP contribution in [0.2, 0.25) is 0 Å². The van der Waals surface area contributed by atoms with Crippen molar-refractivity contribution in [1.29, 1.82) is 0 Å². The van der Waals surface area contributed by atoms with E-state index >= 15 is 0 Å². The van der Waals surface area contributed by atoms with E-state index < -0.39 is 0 Å². The lowest BCUT2D eigenvalue weighted by molar-refractivity contribution is -0.121. The molecule has 0 fully saturated rings. The topological polar surface area (TPSA) is 29.1 Å². The second-order valence-electron chi connectivity index (χ2n) is 4.71. The van der Waals surface area contributed by atoms with Crippen LogP contribution in [0.3, 0.4) is 0 Å². The summed E-state index contributed by atoms with van der Waals surface area (Å²) < 4.78 is 0. The Kier molecular flexibility index (Phi) is 5.13. The van der Waals surface area contributed by atoms with Crippen molar-refractivity contribution in [2.45, 2.75) is 19.4 Å². The van der Waals surface area contributed by atoms with Gasteiger partial charge in [-0.2, -0.15) is 0 Å². The number of hydrogen-bond donors (Lipinski definition) is 1. The van der Waals surface area contributed by atoms with E-state index in [0.717, 1.165) is 17.5 Å². The van der Waals surface area contributed by atoms with Crippen molar-refractivity contribution in [3.8, 4) is 0 Å². The van der Waals surface area contributed by atoms with Crippen molar-refractivity contribution in [1.82, 2.24) is 5.32 Å². The molecule has 0 aliphatic rings. The molecule has 0 radical (unpaired) electrons. The summed E-state index contributed by atoms with van der Waals surface area (Å²) in [5, 5.41) is 2.94. The maximum atomic E-state index is 11.8. The van der Waals surface area contributed by atoms with Gasteiger partial charge in [0.2, 0.25) is 5.91 Å². The zero-order valence-electron chi connectivity index (χ0n) is 11.5. The molecule has 0 bridgehead atoms. The van der Waals surface area contributed by atoms with Crippen molar-refractivity contribution in [2.75, 3.05) is 0 Å². The lowest BCUT2D eigenvalue weighted by Gasteiger charge is -2.06. The third kappa shape index (κ3) is 4.39. The van der Waals surface area contributed by atoms with Crippen molar-refractivity contribution in [3.63, 3.8) is 0 Å². The molecule has 0 saturated carbocycles. The molecular weight excluding hydrogens is 246 g/mol. The Morgan fingerprint density at radius 1 is 1.00 bits per heavy atom. The molecule has 102 valence electrons. The number of nitrogens with one attached hydrogen (secondary N) is 1. The molecule has 1 amide bonds. The van der Waals surface area contributed by atoms with E-state index in [4.69, 9.17) is 0 Å². The molecule has 0 aliphatic carbocycles. The number of carbonyl (C=O) groups is 1. The Morgan fingerprint density at radius 3 is 2.35 bits per heavy atom. The monoisotopic (exact) mass is 265 g/mol. The maximum absolute atomic E-state index is 11.8. The predicted molar refractivity (Wildman–Crippen MR) is 83.1 cm³/mol. The van der Waals surface area contributed by atoms with E-state index in [1.807, 2.05) is 60.7 Å². The normalized spacial score (nSPS) is 10.0. The van der Waals surface area contributed by atoms with Gasteiger partial charge in [-0.25, -0.2) is 0 Å². The number of rotatable bonds is 6. The van der Waals surface area contributed by atoms with E-state index in [2.05, 4.69) is 11.9 Å². The zero-order valence-corrected chi connectivity index (χ0v) is 11.5. The summed E-state index contributed by atoms with van der Waals surface area (Å²) in [6.45, 7) is 4.29. The summed E-state index contributed by atoms with van der Waals surface area (Å²) in [7, 11) is 0. The molecule has 2 aromatic carbocycles. The van der Waals surface area contributed by atoms with Crippen molar-refractivity contribution in [3.05, 3.63) is 77.9 Å². The second-order valence-corrected chi connectivity index (χ2v) is 4.71. The van der Waals surface area contributed by atoms with E-state index in [1.165, 1.54) is 5.56 Å². The Bertz CT molecular complexity index is 558. The summed E-state index contributed by atoms with van der Waals surface area (Å²) in [4.78, 5) is 11.8. The van der Waals surface area contributed by atoms with Gasteiger partial charge in [0.25, 0.3) is 0 Å². The first kappa shape index (κ1) is 14.1. The van der Waals surface area contributed by atoms with Crippen LogP contribution in [0.1, 0.15) is 23.1 Å². The smallest absolute Gasteiger partial charge is 0.220 e. The molecule has 0 saturated heterocycles. The molecule has 0 spiro atoms. The number of amides is 1. The van der Waals surface area contributed by atoms with Crippen LogP contribution in [0.25, 0.3) is 6.08 Å². The minimum atomic E-state index is 0.0849. The van der Waals surface area contributed by atoms with Gasteiger partial charge in [-0.1, -0.05) is 67.3 Å². The highest BCUT2D eigenvalue weighted by atomic mass is 16.1. The first-order chi connectivity index (χ1) is 9.78. The second kappa shape index (κ2) is 7.29. The molecule has 2 aromatic rings. The summed E-state index contributed by atoms with van der Waals surface area (Å²) in [6, 6.07) is 18.1. The van der Waals surface area contributed by atoms with Gasteiger partial charge >= 0.3 is 0 Å². The minimum Gasteiger partial charge on any atom is -0.352 e. The summed E-state index contributed by atoms with van der Waals surface area (Å²) in [5.41, 5.74) is 3.38. The molecule has 0 atom stereocenters. The molecule has 0 aromatic heterocycles. The lowest BCUT2D eigenvalue weighted by Crippen LogP contribution is -2.22. The van der Waals surface area contributed by atoms with Crippen LogP contribution in [0, 0.1) is 0 Å². The molecule has 2 nitrogen and oxygen atoms in total. The Morgan fingerprint density at radius 2 is 1.70 bits per heavy atom. The quantitative estimate of drug-likeness (QED) is 0.850.